The molecule has 0 fully saturated rings. The molecule has 0 aliphatic rings. The highest BCUT2D eigenvalue weighted by Gasteiger charge is 2.19. The molecule has 0 bridgehead atoms. The predicted octanol–water partition coefficient (Wildman–Crippen LogP) is 4.49. The van der Waals surface area contributed by atoms with E-state index in [4.69, 9.17) is 27.9 Å². The monoisotopic (exact) mass is 351 g/mol. The fourth-order valence-electron chi connectivity index (χ4n) is 1.83. The zero-order valence-electron chi connectivity index (χ0n) is 12.6. The Kier molecular flexibility index (Phi) is 5.64. The zero-order valence-corrected chi connectivity index (χ0v) is 14.1. The van der Waals surface area contributed by atoms with Crippen LogP contribution < -0.4 is 5.32 Å². The van der Waals surface area contributed by atoms with Gasteiger partial charge in [-0.05, 0) is 44.2 Å². The highest BCUT2D eigenvalue weighted by Crippen LogP contribution is 2.20. The van der Waals surface area contributed by atoms with Crippen LogP contribution >= 0.6 is 23.2 Å². The number of halogens is 2. The van der Waals surface area contributed by atoms with Gasteiger partial charge in [-0.25, -0.2) is 4.79 Å². The molecular formula is C17H15Cl2NO3. The maximum absolute atomic E-state index is 12.1. The first kappa shape index (κ1) is 17.3. The average molecular weight is 352 g/mol. The molecule has 6 heteroatoms. The molecule has 0 heterocycles. The molecule has 0 saturated carbocycles. The quantitative estimate of drug-likeness (QED) is 0.825. The van der Waals surface area contributed by atoms with E-state index >= 15 is 0 Å². The molecule has 120 valence electrons. The van der Waals surface area contributed by atoms with E-state index in [1.807, 2.05) is 19.1 Å². The van der Waals surface area contributed by atoms with Gasteiger partial charge in [-0.3, -0.25) is 4.79 Å². The number of amides is 1. The van der Waals surface area contributed by atoms with Crippen LogP contribution in [0.2, 0.25) is 10.0 Å². The number of rotatable bonds is 4. The first-order chi connectivity index (χ1) is 10.8. The van der Waals surface area contributed by atoms with E-state index < -0.39 is 18.0 Å². The minimum absolute atomic E-state index is 0.192. The lowest BCUT2D eigenvalue weighted by atomic mass is 10.2. The summed E-state index contributed by atoms with van der Waals surface area (Å²) in [4.78, 5) is 24.1. The van der Waals surface area contributed by atoms with Crippen LogP contribution in [0.15, 0.2) is 42.5 Å². The van der Waals surface area contributed by atoms with Crippen LogP contribution in [0, 0.1) is 6.92 Å². The summed E-state index contributed by atoms with van der Waals surface area (Å²) in [7, 11) is 0. The lowest BCUT2D eigenvalue weighted by Gasteiger charge is -2.14. The van der Waals surface area contributed by atoms with Gasteiger partial charge in [-0.15, -0.1) is 0 Å². The third-order valence-electron chi connectivity index (χ3n) is 3.07. The minimum atomic E-state index is -0.957. The number of benzene rings is 2. The number of aryl methyl sites for hydroxylation is 1. The summed E-state index contributed by atoms with van der Waals surface area (Å²) in [5, 5.41) is 3.32. The Morgan fingerprint density at radius 1 is 1.04 bits per heavy atom. The van der Waals surface area contributed by atoms with Gasteiger partial charge in [0.15, 0.2) is 6.10 Å². The Labute approximate surface area is 144 Å². The maximum atomic E-state index is 12.1. The molecule has 0 unspecified atom stereocenters. The number of nitrogens with one attached hydrogen (secondary N) is 1. The molecule has 2 rings (SSSR count). The molecule has 0 spiro atoms. The Balaban J connectivity index is 1.99. The van der Waals surface area contributed by atoms with Crippen molar-refractivity contribution >= 4 is 40.8 Å². The molecule has 0 radical (unpaired) electrons. The van der Waals surface area contributed by atoms with Crippen molar-refractivity contribution in [3.05, 3.63) is 63.6 Å². The second kappa shape index (κ2) is 7.49. The van der Waals surface area contributed by atoms with Crippen molar-refractivity contribution < 1.29 is 14.3 Å². The van der Waals surface area contributed by atoms with Crippen molar-refractivity contribution in [1.82, 2.24) is 0 Å². The Morgan fingerprint density at radius 3 is 2.17 bits per heavy atom. The van der Waals surface area contributed by atoms with Gasteiger partial charge in [0, 0.05) is 15.7 Å². The average Bonchev–Trinajstić information content (AvgIpc) is 2.48. The SMILES string of the molecule is Cc1ccc(NC(=O)[C@@H](C)OC(=O)c2cc(Cl)cc(Cl)c2)cc1. The van der Waals surface area contributed by atoms with E-state index in [0.717, 1.165) is 5.56 Å². The second-order valence-corrected chi connectivity index (χ2v) is 5.93. The third kappa shape index (κ3) is 4.98. The first-order valence-electron chi connectivity index (χ1n) is 6.90. The summed E-state index contributed by atoms with van der Waals surface area (Å²) in [6, 6.07) is 11.7. The van der Waals surface area contributed by atoms with Crippen LogP contribution in [0.3, 0.4) is 0 Å². The van der Waals surface area contributed by atoms with Gasteiger partial charge in [0.2, 0.25) is 0 Å². The summed E-state index contributed by atoms with van der Waals surface area (Å²) >= 11 is 11.7. The molecule has 0 aromatic heterocycles. The van der Waals surface area contributed by atoms with Crippen LogP contribution in [0.25, 0.3) is 0 Å². The third-order valence-corrected chi connectivity index (χ3v) is 3.51. The van der Waals surface area contributed by atoms with E-state index in [2.05, 4.69) is 5.32 Å². The number of hydrogen-bond acceptors (Lipinski definition) is 3. The largest absolute Gasteiger partial charge is 0.449 e. The Bertz CT molecular complexity index is 709. The number of anilines is 1. The van der Waals surface area contributed by atoms with Gasteiger partial charge in [-0.2, -0.15) is 0 Å². The van der Waals surface area contributed by atoms with E-state index in [1.165, 1.54) is 25.1 Å². The molecule has 4 nitrogen and oxygen atoms in total. The summed E-state index contributed by atoms with van der Waals surface area (Å²) in [6.07, 6.45) is -0.957. The van der Waals surface area contributed by atoms with Crippen LogP contribution in [0.4, 0.5) is 5.69 Å². The standard InChI is InChI=1S/C17H15Cl2NO3/c1-10-3-5-15(6-4-10)20-16(21)11(2)23-17(22)12-7-13(18)9-14(19)8-12/h3-9,11H,1-2H3,(H,20,21)/t11-/m1/s1. The van der Waals surface area contributed by atoms with Crippen molar-refractivity contribution in [1.29, 1.82) is 0 Å². The van der Waals surface area contributed by atoms with Crippen molar-refractivity contribution in [2.45, 2.75) is 20.0 Å². The lowest BCUT2D eigenvalue weighted by Crippen LogP contribution is -2.30. The molecule has 0 aliphatic heterocycles. The van der Waals surface area contributed by atoms with Crippen LogP contribution in [0.5, 0.6) is 0 Å². The molecule has 0 saturated heterocycles. The molecule has 2 aromatic rings. The number of carbonyl (C=O) groups is 2. The normalized spacial score (nSPS) is 11.7. The van der Waals surface area contributed by atoms with Gasteiger partial charge in [0.05, 0.1) is 5.56 Å². The van der Waals surface area contributed by atoms with Crippen molar-refractivity contribution in [2.24, 2.45) is 0 Å². The maximum Gasteiger partial charge on any atom is 0.339 e. The fraction of sp³-hybridized carbons (Fsp3) is 0.176. The van der Waals surface area contributed by atoms with E-state index in [9.17, 15) is 9.59 Å². The topological polar surface area (TPSA) is 55.4 Å². The molecule has 1 amide bonds. The van der Waals surface area contributed by atoms with E-state index in [0.29, 0.717) is 15.7 Å². The number of hydrogen-bond donors (Lipinski definition) is 1. The van der Waals surface area contributed by atoms with Gasteiger partial charge in [0.25, 0.3) is 5.91 Å². The summed E-state index contributed by atoms with van der Waals surface area (Å²) in [5.41, 5.74) is 1.91. The minimum Gasteiger partial charge on any atom is -0.449 e. The molecule has 23 heavy (non-hydrogen) atoms. The van der Waals surface area contributed by atoms with Crippen molar-refractivity contribution in [3.8, 4) is 0 Å². The molecule has 1 atom stereocenters. The van der Waals surface area contributed by atoms with Crippen LogP contribution in [-0.4, -0.2) is 18.0 Å². The summed E-state index contributed by atoms with van der Waals surface area (Å²) in [5.74, 6) is -1.09. The van der Waals surface area contributed by atoms with Crippen LogP contribution in [0.1, 0.15) is 22.8 Å². The molecule has 2 aromatic carbocycles. The Morgan fingerprint density at radius 2 is 1.61 bits per heavy atom. The van der Waals surface area contributed by atoms with Crippen LogP contribution in [-0.2, 0) is 9.53 Å². The first-order valence-corrected chi connectivity index (χ1v) is 7.65. The van der Waals surface area contributed by atoms with E-state index in [-0.39, 0.29) is 5.56 Å². The van der Waals surface area contributed by atoms with Crippen molar-refractivity contribution in [3.63, 3.8) is 0 Å². The van der Waals surface area contributed by atoms with Crippen molar-refractivity contribution in [2.75, 3.05) is 5.32 Å². The van der Waals surface area contributed by atoms with Gasteiger partial charge in [0.1, 0.15) is 0 Å². The summed E-state index contributed by atoms with van der Waals surface area (Å²) in [6.45, 7) is 3.44. The zero-order chi connectivity index (χ0) is 17.0. The number of ether oxygens (including phenoxy) is 1. The summed E-state index contributed by atoms with van der Waals surface area (Å²) < 4.78 is 5.14. The fourth-order valence-corrected chi connectivity index (χ4v) is 2.36. The smallest absolute Gasteiger partial charge is 0.339 e. The highest BCUT2D eigenvalue weighted by atomic mass is 35.5. The number of esters is 1. The lowest BCUT2D eigenvalue weighted by molar-refractivity contribution is -0.123. The second-order valence-electron chi connectivity index (χ2n) is 5.06. The molecular weight excluding hydrogens is 337 g/mol. The van der Waals surface area contributed by atoms with Gasteiger partial charge >= 0.3 is 5.97 Å². The van der Waals surface area contributed by atoms with Gasteiger partial charge < -0.3 is 10.1 Å². The number of carbonyl (C=O) groups excluding carboxylic acids is 2. The van der Waals surface area contributed by atoms with Gasteiger partial charge in [-0.1, -0.05) is 40.9 Å². The highest BCUT2D eigenvalue weighted by molar-refractivity contribution is 6.35. The predicted molar refractivity (Wildman–Crippen MR) is 91.1 cm³/mol. The molecule has 1 N–H and O–H groups in total. The van der Waals surface area contributed by atoms with E-state index in [1.54, 1.807) is 12.1 Å². The Hall–Kier alpha value is -2.04. The molecule has 0 aliphatic carbocycles.